The number of hydrogen-bond acceptors (Lipinski definition) is 5. The molecule has 0 rings (SSSR count). The van der Waals surface area contributed by atoms with Crippen LogP contribution in [0.5, 0.6) is 0 Å². The van der Waals surface area contributed by atoms with Gasteiger partial charge in [0.2, 0.25) is 0 Å². The SMILES string of the molecule is CCCC/C=C/CCC(CC(=O)O)C(=O)OC(CO)CO. The maximum absolute atomic E-state index is 11.8. The molecule has 0 aliphatic rings. The van der Waals surface area contributed by atoms with E-state index in [-0.39, 0.29) is 6.42 Å². The highest BCUT2D eigenvalue weighted by molar-refractivity contribution is 5.79. The van der Waals surface area contributed by atoms with Gasteiger partial charge in [-0.1, -0.05) is 31.9 Å². The van der Waals surface area contributed by atoms with E-state index >= 15 is 0 Å². The Hall–Kier alpha value is -1.40. The Bertz CT molecular complexity index is 322. The van der Waals surface area contributed by atoms with Crippen molar-refractivity contribution in [3.63, 3.8) is 0 Å². The minimum Gasteiger partial charge on any atom is -0.481 e. The molecular weight excluding hydrogens is 276 g/mol. The summed E-state index contributed by atoms with van der Waals surface area (Å²) in [5.41, 5.74) is 0. The van der Waals surface area contributed by atoms with Gasteiger partial charge in [-0.15, -0.1) is 0 Å². The number of carboxylic acid groups (broad SMARTS) is 1. The standard InChI is InChI=1S/C15H26O6/c1-2-3-4-5-6-7-8-12(9-14(18)19)15(20)21-13(10-16)11-17/h5-6,12-13,16-17H,2-4,7-11H2,1H3,(H,18,19)/b6-5+. The number of esters is 1. The molecule has 0 aliphatic carbocycles. The van der Waals surface area contributed by atoms with Crippen molar-refractivity contribution in [2.45, 2.75) is 51.6 Å². The van der Waals surface area contributed by atoms with Crippen LogP contribution in [0.4, 0.5) is 0 Å². The number of aliphatic carboxylic acids is 1. The summed E-state index contributed by atoms with van der Waals surface area (Å²) in [4.78, 5) is 22.6. The Morgan fingerprint density at radius 3 is 2.29 bits per heavy atom. The second-order valence-electron chi connectivity index (χ2n) is 4.91. The van der Waals surface area contributed by atoms with E-state index in [0.29, 0.717) is 12.8 Å². The third-order valence-electron chi connectivity index (χ3n) is 3.02. The Balaban J connectivity index is 4.33. The van der Waals surface area contributed by atoms with E-state index in [1.807, 2.05) is 12.2 Å². The average Bonchev–Trinajstić information content (AvgIpc) is 2.46. The molecule has 0 aromatic heterocycles. The van der Waals surface area contributed by atoms with Crippen LogP contribution in [-0.4, -0.2) is 46.6 Å². The molecule has 0 radical (unpaired) electrons. The van der Waals surface area contributed by atoms with Gasteiger partial charge >= 0.3 is 11.9 Å². The summed E-state index contributed by atoms with van der Waals surface area (Å²) in [6.45, 7) is 1.13. The van der Waals surface area contributed by atoms with Crippen LogP contribution in [0.15, 0.2) is 12.2 Å². The lowest BCUT2D eigenvalue weighted by Crippen LogP contribution is -2.30. The highest BCUT2D eigenvalue weighted by Crippen LogP contribution is 2.15. The van der Waals surface area contributed by atoms with Gasteiger partial charge < -0.3 is 20.1 Å². The minimum absolute atomic E-state index is 0.314. The van der Waals surface area contributed by atoms with Crippen LogP contribution in [-0.2, 0) is 14.3 Å². The lowest BCUT2D eigenvalue weighted by atomic mass is 9.99. The van der Waals surface area contributed by atoms with Crippen LogP contribution in [0.3, 0.4) is 0 Å². The largest absolute Gasteiger partial charge is 0.481 e. The lowest BCUT2D eigenvalue weighted by molar-refractivity contribution is -0.161. The van der Waals surface area contributed by atoms with Crippen molar-refractivity contribution in [3.8, 4) is 0 Å². The van der Waals surface area contributed by atoms with Crippen LogP contribution >= 0.6 is 0 Å². The predicted molar refractivity (Wildman–Crippen MR) is 77.7 cm³/mol. The molecule has 6 heteroatoms. The van der Waals surface area contributed by atoms with Crippen molar-refractivity contribution in [2.75, 3.05) is 13.2 Å². The predicted octanol–water partition coefficient (Wildman–Crippen LogP) is 1.50. The molecule has 0 amide bonds. The van der Waals surface area contributed by atoms with Gasteiger partial charge in [0.25, 0.3) is 0 Å². The molecular formula is C15H26O6. The third kappa shape index (κ3) is 10.0. The van der Waals surface area contributed by atoms with Crippen molar-refractivity contribution < 1.29 is 29.6 Å². The molecule has 0 fully saturated rings. The molecule has 0 spiro atoms. The quantitative estimate of drug-likeness (QED) is 0.287. The van der Waals surface area contributed by atoms with E-state index in [4.69, 9.17) is 20.1 Å². The lowest BCUT2D eigenvalue weighted by Gasteiger charge is -2.17. The summed E-state index contributed by atoms with van der Waals surface area (Å²) in [5, 5.41) is 26.6. The van der Waals surface area contributed by atoms with E-state index in [2.05, 4.69) is 6.92 Å². The number of aliphatic hydroxyl groups is 2. The second kappa shape index (κ2) is 12.3. The van der Waals surface area contributed by atoms with Gasteiger partial charge in [0, 0.05) is 0 Å². The molecule has 0 saturated heterocycles. The number of carbonyl (C=O) groups is 2. The smallest absolute Gasteiger partial charge is 0.309 e. The highest BCUT2D eigenvalue weighted by atomic mass is 16.6. The molecule has 0 heterocycles. The number of carboxylic acids is 1. The van der Waals surface area contributed by atoms with E-state index < -0.39 is 37.2 Å². The normalized spacial score (nSPS) is 12.8. The van der Waals surface area contributed by atoms with E-state index in [1.54, 1.807) is 0 Å². The zero-order valence-corrected chi connectivity index (χ0v) is 12.5. The molecule has 0 saturated carbocycles. The third-order valence-corrected chi connectivity index (χ3v) is 3.02. The van der Waals surface area contributed by atoms with Gasteiger partial charge in [0.1, 0.15) is 6.10 Å². The summed E-state index contributed by atoms with van der Waals surface area (Å²) in [6.07, 6.45) is 6.82. The molecule has 122 valence electrons. The number of rotatable bonds is 12. The fourth-order valence-corrected chi connectivity index (χ4v) is 1.76. The number of carbonyl (C=O) groups excluding carboxylic acids is 1. The molecule has 1 atom stereocenters. The molecule has 1 unspecified atom stereocenters. The maximum Gasteiger partial charge on any atom is 0.309 e. The molecule has 0 aromatic carbocycles. The van der Waals surface area contributed by atoms with E-state index in [9.17, 15) is 9.59 Å². The molecule has 0 aromatic rings. The first-order chi connectivity index (χ1) is 10.0. The Morgan fingerprint density at radius 1 is 1.14 bits per heavy atom. The summed E-state index contributed by atoms with van der Waals surface area (Å²) in [6, 6.07) is 0. The Labute approximate surface area is 125 Å². The first kappa shape index (κ1) is 19.6. The van der Waals surface area contributed by atoms with Crippen molar-refractivity contribution in [1.82, 2.24) is 0 Å². The highest BCUT2D eigenvalue weighted by Gasteiger charge is 2.25. The summed E-state index contributed by atoms with van der Waals surface area (Å²) < 4.78 is 4.88. The topological polar surface area (TPSA) is 104 Å². The van der Waals surface area contributed by atoms with Gasteiger partial charge in [0.15, 0.2) is 0 Å². The van der Waals surface area contributed by atoms with Crippen LogP contribution in [0.2, 0.25) is 0 Å². The minimum atomic E-state index is -1.07. The van der Waals surface area contributed by atoms with Gasteiger partial charge in [-0.05, 0) is 19.3 Å². The molecule has 21 heavy (non-hydrogen) atoms. The first-order valence-electron chi connectivity index (χ1n) is 7.34. The number of hydrogen-bond donors (Lipinski definition) is 3. The summed E-state index contributed by atoms with van der Waals surface area (Å²) in [7, 11) is 0. The zero-order chi connectivity index (χ0) is 16.1. The van der Waals surface area contributed by atoms with Gasteiger partial charge in [0.05, 0.1) is 25.6 Å². The number of allylic oxidation sites excluding steroid dienone is 2. The molecule has 0 aliphatic heterocycles. The number of aliphatic hydroxyl groups excluding tert-OH is 2. The maximum atomic E-state index is 11.8. The van der Waals surface area contributed by atoms with Crippen molar-refractivity contribution in [2.24, 2.45) is 5.92 Å². The van der Waals surface area contributed by atoms with Crippen molar-refractivity contribution in [1.29, 1.82) is 0 Å². The van der Waals surface area contributed by atoms with Gasteiger partial charge in [-0.3, -0.25) is 9.59 Å². The Morgan fingerprint density at radius 2 is 1.76 bits per heavy atom. The van der Waals surface area contributed by atoms with E-state index in [0.717, 1.165) is 19.3 Å². The zero-order valence-electron chi connectivity index (χ0n) is 12.5. The average molecular weight is 302 g/mol. The van der Waals surface area contributed by atoms with Crippen LogP contribution in [0.25, 0.3) is 0 Å². The molecule has 3 N–H and O–H groups in total. The van der Waals surface area contributed by atoms with Crippen LogP contribution in [0.1, 0.15) is 45.4 Å². The summed E-state index contributed by atoms with van der Waals surface area (Å²) in [5.74, 6) is -2.53. The second-order valence-corrected chi connectivity index (χ2v) is 4.91. The van der Waals surface area contributed by atoms with Crippen molar-refractivity contribution in [3.05, 3.63) is 12.2 Å². The van der Waals surface area contributed by atoms with Crippen LogP contribution < -0.4 is 0 Å². The fourth-order valence-electron chi connectivity index (χ4n) is 1.76. The molecule has 6 nitrogen and oxygen atoms in total. The Kier molecular flexibility index (Phi) is 11.5. The number of unbranched alkanes of at least 4 members (excludes halogenated alkanes) is 2. The van der Waals surface area contributed by atoms with Crippen molar-refractivity contribution >= 4 is 11.9 Å². The van der Waals surface area contributed by atoms with Crippen LogP contribution in [0, 0.1) is 5.92 Å². The number of ether oxygens (including phenoxy) is 1. The van der Waals surface area contributed by atoms with Gasteiger partial charge in [-0.25, -0.2) is 0 Å². The van der Waals surface area contributed by atoms with E-state index in [1.165, 1.54) is 0 Å². The molecule has 0 bridgehead atoms. The monoisotopic (exact) mass is 302 g/mol. The summed E-state index contributed by atoms with van der Waals surface area (Å²) >= 11 is 0. The first-order valence-corrected chi connectivity index (χ1v) is 7.34. The van der Waals surface area contributed by atoms with Gasteiger partial charge in [-0.2, -0.15) is 0 Å². The fraction of sp³-hybridized carbons (Fsp3) is 0.733.